The van der Waals surface area contributed by atoms with Crippen LogP contribution in [0.4, 0.5) is 10.1 Å². The van der Waals surface area contributed by atoms with Crippen molar-refractivity contribution in [2.45, 2.75) is 18.1 Å². The molecule has 9 heteroatoms. The van der Waals surface area contributed by atoms with Gasteiger partial charge in [-0.2, -0.15) is 5.10 Å². The van der Waals surface area contributed by atoms with Gasteiger partial charge in [-0.25, -0.2) is 17.8 Å². The highest BCUT2D eigenvalue weighted by molar-refractivity contribution is 7.93. The first-order chi connectivity index (χ1) is 16.9. The van der Waals surface area contributed by atoms with Gasteiger partial charge in [0.25, 0.3) is 0 Å². The van der Waals surface area contributed by atoms with Crippen molar-refractivity contribution in [1.29, 1.82) is 0 Å². The molecule has 1 fully saturated rings. The molecule has 0 amide bonds. The van der Waals surface area contributed by atoms with Crippen LogP contribution in [0.5, 0.6) is 0 Å². The molecule has 2 aromatic heterocycles. The summed E-state index contributed by atoms with van der Waals surface area (Å²) in [5.41, 5.74) is 6.45. The molecule has 1 aliphatic carbocycles. The van der Waals surface area contributed by atoms with Gasteiger partial charge in [-0.1, -0.05) is 18.2 Å². The Balaban J connectivity index is 1.46. The number of hydrogen-bond acceptors (Lipinski definition) is 4. The standard InChI is InChI=1S/C26H22FN5O2S/c1-31-15-20(14-29-31)18-4-9-26-25(12-18)28-16-32(26)23-11-19(17-2-5-21(27)6-3-17)10-22(13-23)30-35(33,34)24-7-8-24/h2-6,9-16,24,30H,7-8H2,1H3. The summed E-state index contributed by atoms with van der Waals surface area (Å²) in [5, 5.41) is 3.89. The Bertz CT molecular complexity index is 1670. The molecule has 1 saturated carbocycles. The van der Waals surface area contributed by atoms with E-state index in [1.165, 1.54) is 12.1 Å². The minimum absolute atomic E-state index is 0.329. The first-order valence-corrected chi connectivity index (χ1v) is 12.8. The van der Waals surface area contributed by atoms with E-state index in [1.54, 1.807) is 35.3 Å². The van der Waals surface area contributed by atoms with Crippen molar-refractivity contribution in [3.63, 3.8) is 0 Å². The van der Waals surface area contributed by atoms with E-state index in [2.05, 4.69) is 14.8 Å². The third-order valence-corrected chi connectivity index (χ3v) is 8.05. The molecule has 0 spiro atoms. The Morgan fingerprint density at radius 2 is 1.71 bits per heavy atom. The summed E-state index contributed by atoms with van der Waals surface area (Å²) in [7, 11) is -1.58. The number of anilines is 1. The zero-order valence-corrected chi connectivity index (χ0v) is 19.7. The Hall–Kier alpha value is -3.98. The number of aromatic nitrogens is 4. The summed E-state index contributed by atoms with van der Waals surface area (Å²) >= 11 is 0. The fraction of sp³-hybridized carbons (Fsp3) is 0.154. The zero-order chi connectivity index (χ0) is 24.2. The molecule has 7 nitrogen and oxygen atoms in total. The first kappa shape index (κ1) is 21.5. The summed E-state index contributed by atoms with van der Waals surface area (Å²) in [4.78, 5) is 4.59. The van der Waals surface area contributed by atoms with Gasteiger partial charge >= 0.3 is 0 Å². The molecule has 0 aliphatic heterocycles. The van der Waals surface area contributed by atoms with E-state index in [0.717, 1.165) is 39.0 Å². The number of halogens is 1. The molecule has 3 aromatic carbocycles. The van der Waals surface area contributed by atoms with E-state index >= 15 is 0 Å². The van der Waals surface area contributed by atoms with Gasteiger partial charge in [-0.15, -0.1) is 0 Å². The number of imidazole rings is 1. The molecule has 1 N–H and O–H groups in total. The molecule has 0 atom stereocenters. The van der Waals surface area contributed by atoms with E-state index < -0.39 is 10.0 Å². The largest absolute Gasteiger partial charge is 0.299 e. The van der Waals surface area contributed by atoms with E-state index in [9.17, 15) is 12.8 Å². The van der Waals surface area contributed by atoms with Gasteiger partial charge in [0.15, 0.2) is 0 Å². The molecular weight excluding hydrogens is 465 g/mol. The lowest BCUT2D eigenvalue weighted by Gasteiger charge is -2.14. The summed E-state index contributed by atoms with van der Waals surface area (Å²) in [6, 6.07) is 17.7. The highest BCUT2D eigenvalue weighted by Gasteiger charge is 2.35. The maximum Gasteiger partial charge on any atom is 0.235 e. The second-order valence-corrected chi connectivity index (χ2v) is 10.8. The Kier molecular flexibility index (Phi) is 4.96. The van der Waals surface area contributed by atoms with Gasteiger partial charge in [-0.3, -0.25) is 14.0 Å². The first-order valence-electron chi connectivity index (χ1n) is 11.2. The molecule has 0 radical (unpaired) electrons. The number of aryl methyl sites for hydroxylation is 1. The maximum absolute atomic E-state index is 13.5. The smallest absolute Gasteiger partial charge is 0.235 e. The van der Waals surface area contributed by atoms with Gasteiger partial charge < -0.3 is 0 Å². The Morgan fingerprint density at radius 1 is 0.943 bits per heavy atom. The van der Waals surface area contributed by atoms with Crippen molar-refractivity contribution >= 4 is 26.7 Å². The minimum atomic E-state index is -3.45. The van der Waals surface area contributed by atoms with Crippen molar-refractivity contribution in [2.75, 3.05) is 4.72 Å². The van der Waals surface area contributed by atoms with E-state index in [-0.39, 0.29) is 11.1 Å². The van der Waals surface area contributed by atoms with E-state index in [4.69, 9.17) is 0 Å². The summed E-state index contributed by atoms with van der Waals surface area (Å²) in [5.74, 6) is -0.329. The zero-order valence-electron chi connectivity index (χ0n) is 18.9. The molecule has 0 saturated heterocycles. The number of nitrogens with one attached hydrogen (secondary N) is 1. The number of hydrogen-bond donors (Lipinski definition) is 1. The van der Waals surface area contributed by atoms with Crippen molar-refractivity contribution in [3.05, 3.63) is 85.2 Å². The van der Waals surface area contributed by atoms with Crippen LogP contribution in [-0.4, -0.2) is 33.0 Å². The lowest BCUT2D eigenvalue weighted by Crippen LogP contribution is -2.17. The van der Waals surface area contributed by atoms with Gasteiger partial charge in [0, 0.05) is 24.5 Å². The number of rotatable bonds is 6. The fourth-order valence-corrected chi connectivity index (χ4v) is 5.58. The van der Waals surface area contributed by atoms with Crippen LogP contribution >= 0.6 is 0 Å². The lowest BCUT2D eigenvalue weighted by molar-refractivity contribution is 0.600. The van der Waals surface area contributed by atoms with E-state index in [1.807, 2.05) is 48.3 Å². The molecule has 2 heterocycles. The molecule has 6 rings (SSSR count). The molecule has 35 heavy (non-hydrogen) atoms. The van der Waals surface area contributed by atoms with Crippen LogP contribution in [0.3, 0.4) is 0 Å². The number of fused-ring (bicyclic) bond motifs is 1. The summed E-state index contributed by atoms with van der Waals surface area (Å²) in [6.45, 7) is 0. The third-order valence-electron chi connectivity index (χ3n) is 6.18. The van der Waals surface area contributed by atoms with Crippen molar-refractivity contribution in [2.24, 2.45) is 7.05 Å². The van der Waals surface area contributed by atoms with Crippen LogP contribution in [0.25, 0.3) is 39.0 Å². The van der Waals surface area contributed by atoms with Crippen molar-refractivity contribution in [3.8, 4) is 27.9 Å². The summed E-state index contributed by atoms with van der Waals surface area (Å²) in [6.07, 6.45) is 6.82. The van der Waals surface area contributed by atoms with Crippen LogP contribution in [0, 0.1) is 5.82 Å². The van der Waals surface area contributed by atoms with E-state index in [0.29, 0.717) is 18.5 Å². The molecular formula is C26H22FN5O2S. The van der Waals surface area contributed by atoms with Crippen LogP contribution in [-0.2, 0) is 17.1 Å². The third kappa shape index (κ3) is 4.19. The highest BCUT2D eigenvalue weighted by atomic mass is 32.2. The average molecular weight is 488 g/mol. The normalized spacial score (nSPS) is 13.9. The monoisotopic (exact) mass is 487 g/mol. The van der Waals surface area contributed by atoms with Gasteiger partial charge in [0.2, 0.25) is 10.0 Å². The quantitative estimate of drug-likeness (QED) is 0.360. The molecule has 5 aromatic rings. The van der Waals surface area contributed by atoms with Crippen molar-refractivity contribution in [1.82, 2.24) is 19.3 Å². The predicted molar refractivity (Wildman–Crippen MR) is 134 cm³/mol. The number of sulfonamides is 1. The summed E-state index contributed by atoms with van der Waals surface area (Å²) < 4.78 is 45.2. The van der Waals surface area contributed by atoms with Crippen LogP contribution in [0.2, 0.25) is 0 Å². The number of nitrogens with zero attached hydrogens (tertiary/aromatic N) is 4. The molecule has 0 unspecified atom stereocenters. The molecule has 1 aliphatic rings. The van der Waals surface area contributed by atoms with Gasteiger partial charge in [0.1, 0.15) is 12.1 Å². The Labute approximate surface area is 201 Å². The van der Waals surface area contributed by atoms with Crippen LogP contribution < -0.4 is 4.72 Å². The predicted octanol–water partition coefficient (Wildman–Crippen LogP) is 5.14. The SMILES string of the molecule is Cn1cc(-c2ccc3c(c2)ncn3-c2cc(NS(=O)(=O)C3CC3)cc(-c3ccc(F)cc3)c2)cn1. The highest BCUT2D eigenvalue weighted by Crippen LogP contribution is 2.33. The van der Waals surface area contributed by atoms with Crippen molar-refractivity contribution < 1.29 is 12.8 Å². The second kappa shape index (κ2) is 8.06. The average Bonchev–Trinajstić information content (AvgIpc) is 3.49. The van der Waals surface area contributed by atoms with Gasteiger partial charge in [0.05, 0.1) is 28.2 Å². The van der Waals surface area contributed by atoms with Gasteiger partial charge in [-0.05, 0) is 72.0 Å². The minimum Gasteiger partial charge on any atom is -0.299 e. The Morgan fingerprint density at radius 3 is 2.43 bits per heavy atom. The lowest BCUT2D eigenvalue weighted by atomic mass is 10.0. The maximum atomic E-state index is 13.5. The number of benzene rings is 3. The van der Waals surface area contributed by atoms with Crippen LogP contribution in [0.1, 0.15) is 12.8 Å². The molecule has 176 valence electrons. The molecule has 0 bridgehead atoms. The topological polar surface area (TPSA) is 81.8 Å². The second-order valence-electron chi connectivity index (χ2n) is 8.84. The fourth-order valence-electron chi connectivity index (χ4n) is 4.21. The van der Waals surface area contributed by atoms with Crippen LogP contribution in [0.15, 0.2) is 79.4 Å².